The van der Waals surface area contributed by atoms with E-state index in [1.165, 1.54) is 23.9 Å². The quantitative estimate of drug-likeness (QED) is 0.830. The van der Waals surface area contributed by atoms with Gasteiger partial charge in [0.1, 0.15) is 5.82 Å². The van der Waals surface area contributed by atoms with Crippen molar-refractivity contribution in [1.29, 1.82) is 0 Å². The Hall–Kier alpha value is -1.85. The van der Waals surface area contributed by atoms with Gasteiger partial charge >= 0.3 is 0 Å². The summed E-state index contributed by atoms with van der Waals surface area (Å²) in [6, 6.07) is 13.6. The third kappa shape index (κ3) is 4.88. The Labute approximate surface area is 127 Å². The van der Waals surface area contributed by atoms with Crippen molar-refractivity contribution in [2.45, 2.75) is 17.9 Å². The Morgan fingerprint density at radius 1 is 1.29 bits per heavy atom. The molecule has 3 N–H and O–H groups in total. The second-order valence-corrected chi connectivity index (χ2v) is 5.76. The summed E-state index contributed by atoms with van der Waals surface area (Å²) in [5.41, 5.74) is 7.33. The van der Waals surface area contributed by atoms with Crippen LogP contribution in [0, 0.1) is 5.82 Å². The Morgan fingerprint density at radius 2 is 2.05 bits per heavy atom. The number of rotatable bonds is 5. The van der Waals surface area contributed by atoms with E-state index in [4.69, 9.17) is 5.73 Å². The van der Waals surface area contributed by atoms with E-state index < -0.39 is 0 Å². The Kier molecular flexibility index (Phi) is 5.36. The number of anilines is 1. The summed E-state index contributed by atoms with van der Waals surface area (Å²) in [4.78, 5) is 12.8. The minimum Gasteiger partial charge on any atom is -0.325 e. The fourth-order valence-corrected chi connectivity index (χ4v) is 2.56. The molecule has 0 aliphatic rings. The highest BCUT2D eigenvalue weighted by molar-refractivity contribution is 8.00. The fraction of sp³-hybridized carbons (Fsp3) is 0.188. The van der Waals surface area contributed by atoms with Crippen molar-refractivity contribution in [3.8, 4) is 0 Å². The van der Waals surface area contributed by atoms with Crippen molar-refractivity contribution in [3.05, 3.63) is 59.9 Å². The molecule has 5 heteroatoms. The van der Waals surface area contributed by atoms with Crippen LogP contribution in [0.4, 0.5) is 10.1 Å². The third-order valence-corrected chi connectivity index (χ3v) is 3.86. The summed E-state index contributed by atoms with van der Waals surface area (Å²) in [7, 11) is 0. The number of carbonyl (C=O) groups is 1. The van der Waals surface area contributed by atoms with E-state index in [-0.39, 0.29) is 23.5 Å². The molecule has 0 aliphatic carbocycles. The van der Waals surface area contributed by atoms with E-state index in [0.29, 0.717) is 5.69 Å². The van der Waals surface area contributed by atoms with Crippen LogP contribution >= 0.6 is 11.8 Å². The summed E-state index contributed by atoms with van der Waals surface area (Å²) in [6.07, 6.45) is 0. The molecule has 21 heavy (non-hydrogen) atoms. The molecule has 2 aromatic carbocycles. The van der Waals surface area contributed by atoms with Gasteiger partial charge in [-0.05, 0) is 42.8 Å². The Bertz CT molecular complexity index is 631. The zero-order valence-electron chi connectivity index (χ0n) is 11.7. The summed E-state index contributed by atoms with van der Waals surface area (Å²) in [5, 5.41) is 2.67. The average molecular weight is 304 g/mol. The number of carbonyl (C=O) groups excluding carboxylic acids is 1. The first-order valence-electron chi connectivity index (χ1n) is 6.58. The number of nitrogens with two attached hydrogens (primary N) is 1. The first kappa shape index (κ1) is 15.5. The number of thioether (sulfide) groups is 1. The Balaban J connectivity index is 1.90. The van der Waals surface area contributed by atoms with Crippen LogP contribution < -0.4 is 11.1 Å². The minimum absolute atomic E-state index is 0.0355. The molecule has 0 saturated heterocycles. The van der Waals surface area contributed by atoms with Crippen LogP contribution in [-0.2, 0) is 4.79 Å². The SMILES string of the molecule is CC(N)c1cccc(SCC(=O)Nc2cccc(F)c2)c1. The molecule has 0 fully saturated rings. The first-order valence-corrected chi connectivity index (χ1v) is 7.57. The molecular formula is C16H17FN2OS. The molecule has 2 rings (SSSR count). The molecular weight excluding hydrogens is 287 g/mol. The predicted octanol–water partition coefficient (Wildman–Crippen LogP) is 3.58. The van der Waals surface area contributed by atoms with Gasteiger partial charge < -0.3 is 11.1 Å². The standard InChI is InChI=1S/C16H17FN2OS/c1-11(18)12-4-2-7-15(8-12)21-10-16(20)19-14-6-3-5-13(17)9-14/h2-9,11H,10,18H2,1H3,(H,19,20). The molecule has 2 aromatic rings. The maximum absolute atomic E-state index is 13.0. The first-order chi connectivity index (χ1) is 10.0. The van der Waals surface area contributed by atoms with Crippen molar-refractivity contribution in [2.24, 2.45) is 5.73 Å². The summed E-state index contributed by atoms with van der Waals surface area (Å²) in [6.45, 7) is 1.92. The average Bonchev–Trinajstić information content (AvgIpc) is 2.45. The van der Waals surface area contributed by atoms with Crippen LogP contribution in [0.2, 0.25) is 0 Å². The highest BCUT2D eigenvalue weighted by Gasteiger charge is 2.06. The van der Waals surface area contributed by atoms with Gasteiger partial charge in [-0.3, -0.25) is 4.79 Å². The van der Waals surface area contributed by atoms with Gasteiger partial charge in [-0.2, -0.15) is 0 Å². The molecule has 0 heterocycles. The largest absolute Gasteiger partial charge is 0.325 e. The van der Waals surface area contributed by atoms with E-state index in [0.717, 1.165) is 10.5 Å². The molecule has 1 atom stereocenters. The van der Waals surface area contributed by atoms with Gasteiger partial charge in [0.2, 0.25) is 5.91 Å². The zero-order valence-corrected chi connectivity index (χ0v) is 12.5. The highest BCUT2D eigenvalue weighted by Crippen LogP contribution is 2.22. The van der Waals surface area contributed by atoms with Crippen molar-refractivity contribution >= 4 is 23.4 Å². The number of hydrogen-bond acceptors (Lipinski definition) is 3. The van der Waals surface area contributed by atoms with Gasteiger partial charge in [-0.15, -0.1) is 11.8 Å². The number of benzene rings is 2. The van der Waals surface area contributed by atoms with E-state index in [2.05, 4.69) is 5.32 Å². The van der Waals surface area contributed by atoms with E-state index in [9.17, 15) is 9.18 Å². The normalized spacial score (nSPS) is 12.0. The van der Waals surface area contributed by atoms with Crippen LogP contribution in [0.5, 0.6) is 0 Å². The van der Waals surface area contributed by atoms with Crippen molar-refractivity contribution in [3.63, 3.8) is 0 Å². The molecule has 0 bridgehead atoms. The Morgan fingerprint density at radius 3 is 2.76 bits per heavy atom. The number of amides is 1. The third-order valence-electron chi connectivity index (χ3n) is 2.86. The van der Waals surface area contributed by atoms with Crippen molar-refractivity contribution in [1.82, 2.24) is 0 Å². The molecule has 3 nitrogen and oxygen atoms in total. The summed E-state index contributed by atoms with van der Waals surface area (Å²) in [5.74, 6) is -0.277. The maximum Gasteiger partial charge on any atom is 0.234 e. The lowest BCUT2D eigenvalue weighted by atomic mass is 10.1. The fourth-order valence-electron chi connectivity index (χ4n) is 1.80. The van der Waals surface area contributed by atoms with Crippen LogP contribution in [0.1, 0.15) is 18.5 Å². The summed E-state index contributed by atoms with van der Waals surface area (Å²) < 4.78 is 13.0. The van der Waals surface area contributed by atoms with Crippen LogP contribution in [0.15, 0.2) is 53.4 Å². The topological polar surface area (TPSA) is 55.1 Å². The second-order valence-electron chi connectivity index (χ2n) is 4.71. The van der Waals surface area contributed by atoms with Crippen LogP contribution in [0.3, 0.4) is 0 Å². The van der Waals surface area contributed by atoms with Gasteiger partial charge in [-0.25, -0.2) is 4.39 Å². The number of halogens is 1. The van der Waals surface area contributed by atoms with Crippen LogP contribution in [0.25, 0.3) is 0 Å². The summed E-state index contributed by atoms with van der Waals surface area (Å²) >= 11 is 1.42. The molecule has 1 amide bonds. The van der Waals surface area contributed by atoms with Gasteiger partial charge in [-0.1, -0.05) is 18.2 Å². The van der Waals surface area contributed by atoms with Gasteiger partial charge in [0, 0.05) is 16.6 Å². The van der Waals surface area contributed by atoms with E-state index in [1.54, 1.807) is 12.1 Å². The molecule has 0 radical (unpaired) electrons. The lowest BCUT2D eigenvalue weighted by Crippen LogP contribution is -2.14. The molecule has 110 valence electrons. The monoisotopic (exact) mass is 304 g/mol. The molecule has 0 spiro atoms. The molecule has 0 saturated carbocycles. The molecule has 0 aromatic heterocycles. The smallest absolute Gasteiger partial charge is 0.234 e. The lowest BCUT2D eigenvalue weighted by Gasteiger charge is -2.08. The van der Waals surface area contributed by atoms with E-state index >= 15 is 0 Å². The lowest BCUT2D eigenvalue weighted by molar-refractivity contribution is -0.113. The van der Waals surface area contributed by atoms with Gasteiger partial charge in [0.25, 0.3) is 0 Å². The van der Waals surface area contributed by atoms with Crippen molar-refractivity contribution in [2.75, 3.05) is 11.1 Å². The van der Waals surface area contributed by atoms with E-state index in [1.807, 2.05) is 31.2 Å². The molecule has 0 aliphatic heterocycles. The molecule has 1 unspecified atom stereocenters. The van der Waals surface area contributed by atoms with Gasteiger partial charge in [0.15, 0.2) is 0 Å². The number of hydrogen-bond donors (Lipinski definition) is 2. The van der Waals surface area contributed by atoms with Gasteiger partial charge in [0.05, 0.1) is 5.75 Å². The van der Waals surface area contributed by atoms with Crippen molar-refractivity contribution < 1.29 is 9.18 Å². The minimum atomic E-state index is -0.370. The second kappa shape index (κ2) is 7.24. The van der Waals surface area contributed by atoms with Crippen LogP contribution in [-0.4, -0.2) is 11.7 Å². The highest BCUT2D eigenvalue weighted by atomic mass is 32.2. The zero-order chi connectivity index (χ0) is 15.2. The maximum atomic E-state index is 13.0. The predicted molar refractivity (Wildman–Crippen MR) is 84.8 cm³/mol. The number of nitrogens with one attached hydrogen (secondary N) is 1.